The summed E-state index contributed by atoms with van der Waals surface area (Å²) < 4.78 is 4.17. The standard InChI is InChI=1S/C15H11Br2ClN2/c16-12-9-14(17)20-8-7-19-13(15(12)20)6-3-10-1-4-11(18)5-2-10/h1-2,4-5,7-9H,3,6H2. The second-order valence-electron chi connectivity index (χ2n) is 4.53. The highest BCUT2D eigenvalue weighted by atomic mass is 79.9. The zero-order valence-electron chi connectivity index (χ0n) is 10.5. The number of fused-ring (bicyclic) bond motifs is 1. The van der Waals surface area contributed by atoms with Gasteiger partial charge in [0.25, 0.3) is 0 Å². The molecule has 0 radical (unpaired) electrons. The Hall–Kier alpha value is -0.840. The van der Waals surface area contributed by atoms with Gasteiger partial charge in [0.1, 0.15) is 0 Å². The molecule has 3 rings (SSSR count). The van der Waals surface area contributed by atoms with E-state index in [4.69, 9.17) is 11.6 Å². The van der Waals surface area contributed by atoms with Crippen LogP contribution in [0.1, 0.15) is 11.3 Å². The summed E-state index contributed by atoms with van der Waals surface area (Å²) in [5.74, 6) is 0. The van der Waals surface area contributed by atoms with Crippen molar-refractivity contribution >= 4 is 49.0 Å². The molecule has 0 unspecified atom stereocenters. The molecule has 0 spiro atoms. The maximum atomic E-state index is 5.90. The highest BCUT2D eigenvalue weighted by molar-refractivity contribution is 9.11. The van der Waals surface area contributed by atoms with E-state index < -0.39 is 0 Å². The first kappa shape index (κ1) is 14.1. The Balaban J connectivity index is 1.89. The lowest BCUT2D eigenvalue weighted by molar-refractivity contribution is 0.905. The van der Waals surface area contributed by atoms with Crippen molar-refractivity contribution in [3.8, 4) is 0 Å². The van der Waals surface area contributed by atoms with Crippen LogP contribution in [0.4, 0.5) is 0 Å². The van der Waals surface area contributed by atoms with E-state index in [0.29, 0.717) is 0 Å². The third-order valence-corrected chi connectivity index (χ3v) is 4.69. The third kappa shape index (κ3) is 2.78. The van der Waals surface area contributed by atoms with Crippen molar-refractivity contribution in [3.05, 3.63) is 68.1 Å². The average molecular weight is 415 g/mol. The second kappa shape index (κ2) is 5.88. The van der Waals surface area contributed by atoms with E-state index in [1.807, 2.05) is 30.6 Å². The van der Waals surface area contributed by atoms with Crippen molar-refractivity contribution < 1.29 is 0 Å². The number of aryl methyl sites for hydroxylation is 2. The molecule has 0 atom stereocenters. The van der Waals surface area contributed by atoms with E-state index >= 15 is 0 Å². The summed E-state index contributed by atoms with van der Waals surface area (Å²) in [6, 6.07) is 10.0. The Bertz CT molecular complexity index is 750. The second-order valence-corrected chi connectivity index (χ2v) is 6.64. The fourth-order valence-corrected chi connectivity index (χ4v) is 3.83. The van der Waals surface area contributed by atoms with Crippen LogP contribution in [-0.4, -0.2) is 9.38 Å². The summed E-state index contributed by atoms with van der Waals surface area (Å²) in [6.07, 6.45) is 5.62. The number of benzene rings is 1. The van der Waals surface area contributed by atoms with E-state index in [2.05, 4.69) is 53.4 Å². The van der Waals surface area contributed by atoms with E-state index in [0.717, 1.165) is 38.2 Å². The molecular weight excluding hydrogens is 403 g/mol. The molecule has 102 valence electrons. The van der Waals surface area contributed by atoms with Gasteiger partial charge in [0.05, 0.1) is 15.8 Å². The van der Waals surface area contributed by atoms with Gasteiger partial charge >= 0.3 is 0 Å². The van der Waals surface area contributed by atoms with Gasteiger partial charge in [-0.3, -0.25) is 4.98 Å². The first-order valence-electron chi connectivity index (χ1n) is 6.19. The minimum absolute atomic E-state index is 0.771. The van der Waals surface area contributed by atoms with Crippen molar-refractivity contribution in [1.29, 1.82) is 0 Å². The molecular formula is C15H11Br2ClN2. The largest absolute Gasteiger partial charge is 0.307 e. The fourth-order valence-electron chi connectivity index (χ4n) is 2.23. The van der Waals surface area contributed by atoms with Crippen molar-refractivity contribution in [3.63, 3.8) is 0 Å². The molecule has 3 aromatic rings. The van der Waals surface area contributed by atoms with E-state index in [1.54, 1.807) is 0 Å². The summed E-state index contributed by atoms with van der Waals surface area (Å²) in [5.41, 5.74) is 3.47. The highest BCUT2D eigenvalue weighted by Crippen LogP contribution is 2.28. The van der Waals surface area contributed by atoms with Crippen LogP contribution in [0.25, 0.3) is 5.52 Å². The lowest BCUT2D eigenvalue weighted by Gasteiger charge is -2.05. The van der Waals surface area contributed by atoms with Gasteiger partial charge in [0.15, 0.2) is 0 Å². The van der Waals surface area contributed by atoms with Crippen LogP contribution >= 0.6 is 43.5 Å². The van der Waals surface area contributed by atoms with Gasteiger partial charge in [-0.1, -0.05) is 23.7 Å². The number of rotatable bonds is 3. The molecule has 1 aromatic carbocycles. The van der Waals surface area contributed by atoms with Crippen LogP contribution in [0.15, 0.2) is 51.8 Å². The lowest BCUT2D eigenvalue weighted by Crippen LogP contribution is -1.98. The molecule has 0 bridgehead atoms. The molecule has 2 heterocycles. The third-order valence-electron chi connectivity index (χ3n) is 3.23. The van der Waals surface area contributed by atoms with Gasteiger partial charge in [-0.2, -0.15) is 0 Å². The van der Waals surface area contributed by atoms with E-state index in [-0.39, 0.29) is 0 Å². The summed E-state index contributed by atoms with van der Waals surface area (Å²) in [6.45, 7) is 0. The van der Waals surface area contributed by atoms with Gasteiger partial charge < -0.3 is 4.40 Å². The smallest absolute Gasteiger partial charge is 0.0905 e. The predicted octanol–water partition coefficient (Wildman–Crippen LogP) is 5.30. The van der Waals surface area contributed by atoms with Gasteiger partial charge in [0.2, 0.25) is 0 Å². The number of aromatic nitrogens is 2. The lowest BCUT2D eigenvalue weighted by atomic mass is 10.1. The van der Waals surface area contributed by atoms with Crippen molar-refractivity contribution in [1.82, 2.24) is 9.38 Å². The van der Waals surface area contributed by atoms with Crippen LogP contribution in [0.2, 0.25) is 5.02 Å². The average Bonchev–Trinajstić information content (AvgIpc) is 2.74. The van der Waals surface area contributed by atoms with E-state index in [9.17, 15) is 0 Å². The maximum Gasteiger partial charge on any atom is 0.0905 e. The summed E-state index contributed by atoms with van der Waals surface area (Å²) in [4.78, 5) is 4.52. The summed E-state index contributed by atoms with van der Waals surface area (Å²) in [7, 11) is 0. The van der Waals surface area contributed by atoms with Crippen LogP contribution < -0.4 is 0 Å². The molecule has 2 aromatic heterocycles. The van der Waals surface area contributed by atoms with Crippen LogP contribution in [0.3, 0.4) is 0 Å². The maximum absolute atomic E-state index is 5.90. The molecule has 0 N–H and O–H groups in total. The molecule has 0 saturated carbocycles. The zero-order valence-corrected chi connectivity index (χ0v) is 14.4. The molecule has 5 heteroatoms. The monoisotopic (exact) mass is 412 g/mol. The molecule has 0 fully saturated rings. The number of hydrogen-bond donors (Lipinski definition) is 0. The Labute approximate surface area is 139 Å². The Morgan fingerprint density at radius 2 is 1.85 bits per heavy atom. The van der Waals surface area contributed by atoms with E-state index in [1.165, 1.54) is 5.56 Å². The predicted molar refractivity (Wildman–Crippen MR) is 89.5 cm³/mol. The first-order valence-corrected chi connectivity index (χ1v) is 8.16. The minimum Gasteiger partial charge on any atom is -0.307 e. The Kier molecular flexibility index (Phi) is 4.15. The van der Waals surface area contributed by atoms with Crippen LogP contribution in [0, 0.1) is 0 Å². The molecule has 0 aliphatic rings. The summed E-state index contributed by atoms with van der Waals surface area (Å²) >= 11 is 13.0. The van der Waals surface area contributed by atoms with Crippen molar-refractivity contribution in [2.45, 2.75) is 12.8 Å². The normalized spacial score (nSPS) is 11.2. The van der Waals surface area contributed by atoms with Gasteiger partial charge in [-0.15, -0.1) is 0 Å². The quantitative estimate of drug-likeness (QED) is 0.569. The van der Waals surface area contributed by atoms with Crippen LogP contribution in [-0.2, 0) is 12.8 Å². The highest BCUT2D eigenvalue weighted by Gasteiger charge is 2.10. The molecule has 0 saturated heterocycles. The Morgan fingerprint density at radius 1 is 1.10 bits per heavy atom. The Morgan fingerprint density at radius 3 is 2.60 bits per heavy atom. The van der Waals surface area contributed by atoms with Crippen molar-refractivity contribution in [2.24, 2.45) is 0 Å². The zero-order chi connectivity index (χ0) is 14.1. The molecule has 0 amide bonds. The first-order chi connectivity index (χ1) is 9.65. The number of halogens is 3. The molecule has 0 aliphatic carbocycles. The van der Waals surface area contributed by atoms with Gasteiger partial charge in [-0.05, 0) is 68.5 Å². The fraction of sp³-hybridized carbons (Fsp3) is 0.133. The van der Waals surface area contributed by atoms with Crippen molar-refractivity contribution in [2.75, 3.05) is 0 Å². The molecule has 0 aliphatic heterocycles. The number of nitrogens with zero attached hydrogens (tertiary/aromatic N) is 2. The van der Waals surface area contributed by atoms with Gasteiger partial charge in [-0.25, -0.2) is 0 Å². The minimum atomic E-state index is 0.771. The van der Waals surface area contributed by atoms with Gasteiger partial charge in [0, 0.05) is 21.9 Å². The summed E-state index contributed by atoms with van der Waals surface area (Å²) in [5, 5.41) is 0.771. The number of hydrogen-bond acceptors (Lipinski definition) is 1. The topological polar surface area (TPSA) is 17.3 Å². The molecule has 2 nitrogen and oxygen atoms in total. The molecule has 20 heavy (non-hydrogen) atoms. The SMILES string of the molecule is Clc1ccc(CCc2nccn3c(Br)cc(Br)c23)cc1. The van der Waals surface area contributed by atoms with Crippen LogP contribution in [0.5, 0.6) is 0 Å².